The van der Waals surface area contributed by atoms with E-state index >= 15 is 0 Å². The monoisotopic (exact) mass is 378 g/mol. The van der Waals surface area contributed by atoms with Crippen molar-refractivity contribution in [3.05, 3.63) is 60.3 Å². The van der Waals surface area contributed by atoms with Gasteiger partial charge in [0.2, 0.25) is 5.91 Å². The van der Waals surface area contributed by atoms with Crippen LogP contribution in [0.25, 0.3) is 10.9 Å². The number of nitrogens with one attached hydrogen (secondary N) is 1. The molecule has 0 radical (unpaired) electrons. The van der Waals surface area contributed by atoms with Gasteiger partial charge in [0.05, 0.1) is 19.6 Å². The number of ether oxygens (including phenoxy) is 1. The lowest BCUT2D eigenvalue weighted by atomic mass is 10.1. The molecule has 0 unspecified atom stereocenters. The van der Waals surface area contributed by atoms with E-state index in [1.807, 2.05) is 36.4 Å². The summed E-state index contributed by atoms with van der Waals surface area (Å²) in [5.41, 5.74) is 9.34. The van der Waals surface area contributed by atoms with Crippen molar-refractivity contribution in [2.75, 3.05) is 43.9 Å². The summed E-state index contributed by atoms with van der Waals surface area (Å²) in [6.45, 7) is 5.63. The van der Waals surface area contributed by atoms with Crippen molar-refractivity contribution in [3.63, 3.8) is 0 Å². The van der Waals surface area contributed by atoms with Crippen LogP contribution in [0.3, 0.4) is 0 Å². The Bertz CT molecular complexity index is 943. The Labute approximate surface area is 164 Å². The first-order valence-electron chi connectivity index (χ1n) is 9.71. The molecule has 3 aromatic rings. The van der Waals surface area contributed by atoms with Gasteiger partial charge in [-0.2, -0.15) is 0 Å². The Morgan fingerprint density at radius 3 is 2.61 bits per heavy atom. The number of fused-ring (bicyclic) bond motifs is 1. The summed E-state index contributed by atoms with van der Waals surface area (Å²) >= 11 is 0. The van der Waals surface area contributed by atoms with Crippen molar-refractivity contribution in [2.24, 2.45) is 0 Å². The standard InChI is InChI=1S/C22H26N4O2/c23-19-3-1-17(2-4-19)15-22(27)24-20-5-6-21-18(16-20)7-8-26(21)10-9-25-11-13-28-14-12-25/h1-8,16H,9-15,23H2,(H,24,27). The third kappa shape index (κ3) is 4.52. The predicted molar refractivity (Wildman–Crippen MR) is 112 cm³/mol. The largest absolute Gasteiger partial charge is 0.399 e. The highest BCUT2D eigenvalue weighted by molar-refractivity contribution is 5.95. The highest BCUT2D eigenvalue weighted by Crippen LogP contribution is 2.21. The number of amides is 1. The number of anilines is 2. The normalized spacial score (nSPS) is 15.0. The van der Waals surface area contributed by atoms with Crippen molar-refractivity contribution in [1.29, 1.82) is 0 Å². The van der Waals surface area contributed by atoms with Crippen LogP contribution in [0, 0.1) is 0 Å². The highest BCUT2D eigenvalue weighted by atomic mass is 16.5. The number of carbonyl (C=O) groups is 1. The number of nitrogen functional groups attached to an aromatic ring is 1. The van der Waals surface area contributed by atoms with Crippen molar-refractivity contribution in [2.45, 2.75) is 13.0 Å². The van der Waals surface area contributed by atoms with Crippen LogP contribution in [-0.4, -0.2) is 48.2 Å². The number of carbonyl (C=O) groups excluding carboxylic acids is 1. The molecule has 1 fully saturated rings. The minimum Gasteiger partial charge on any atom is -0.399 e. The van der Waals surface area contributed by atoms with E-state index in [1.165, 1.54) is 5.52 Å². The molecule has 1 amide bonds. The Balaban J connectivity index is 1.37. The second-order valence-electron chi connectivity index (χ2n) is 7.20. The molecule has 146 valence electrons. The molecule has 6 heteroatoms. The molecule has 0 atom stereocenters. The summed E-state index contributed by atoms with van der Waals surface area (Å²) in [7, 11) is 0. The zero-order chi connectivity index (χ0) is 19.3. The third-order valence-electron chi connectivity index (χ3n) is 5.16. The van der Waals surface area contributed by atoms with Gasteiger partial charge < -0.3 is 20.4 Å². The number of nitrogens with two attached hydrogens (primary N) is 1. The van der Waals surface area contributed by atoms with Crippen LogP contribution < -0.4 is 11.1 Å². The van der Waals surface area contributed by atoms with Crippen molar-refractivity contribution in [1.82, 2.24) is 9.47 Å². The van der Waals surface area contributed by atoms with Crippen molar-refractivity contribution < 1.29 is 9.53 Å². The molecular weight excluding hydrogens is 352 g/mol. The first-order valence-corrected chi connectivity index (χ1v) is 9.71. The molecule has 2 aromatic carbocycles. The summed E-state index contributed by atoms with van der Waals surface area (Å²) in [5, 5.41) is 4.12. The van der Waals surface area contributed by atoms with Gasteiger partial charge >= 0.3 is 0 Å². The number of rotatable bonds is 6. The highest BCUT2D eigenvalue weighted by Gasteiger charge is 2.11. The summed E-state index contributed by atoms with van der Waals surface area (Å²) in [5.74, 6) is -0.0316. The number of aromatic nitrogens is 1. The number of hydrogen-bond donors (Lipinski definition) is 2. The van der Waals surface area contributed by atoms with Crippen LogP contribution in [-0.2, 0) is 22.5 Å². The van der Waals surface area contributed by atoms with E-state index in [1.54, 1.807) is 0 Å². The first-order chi connectivity index (χ1) is 13.7. The van der Waals surface area contributed by atoms with Gasteiger partial charge in [-0.1, -0.05) is 12.1 Å². The maximum Gasteiger partial charge on any atom is 0.228 e. The van der Waals surface area contributed by atoms with Crippen molar-refractivity contribution in [3.8, 4) is 0 Å². The van der Waals surface area contributed by atoms with Crippen LogP contribution in [0.1, 0.15) is 5.56 Å². The fraction of sp³-hybridized carbons (Fsp3) is 0.318. The maximum atomic E-state index is 12.3. The minimum absolute atomic E-state index is 0.0316. The van der Waals surface area contributed by atoms with E-state index in [0.717, 1.165) is 56.0 Å². The van der Waals surface area contributed by atoms with Gasteiger partial charge in [0, 0.05) is 54.7 Å². The maximum absolute atomic E-state index is 12.3. The van der Waals surface area contributed by atoms with E-state index in [2.05, 4.69) is 33.1 Å². The quantitative estimate of drug-likeness (QED) is 0.647. The minimum atomic E-state index is -0.0316. The first kappa shape index (κ1) is 18.5. The molecule has 28 heavy (non-hydrogen) atoms. The summed E-state index contributed by atoms with van der Waals surface area (Å²) in [6, 6.07) is 15.6. The molecule has 1 aliphatic rings. The summed E-state index contributed by atoms with van der Waals surface area (Å²) in [6.07, 6.45) is 2.45. The number of nitrogens with zero attached hydrogens (tertiary/aromatic N) is 2. The Morgan fingerprint density at radius 2 is 1.82 bits per heavy atom. The Hall–Kier alpha value is -2.83. The fourth-order valence-electron chi connectivity index (χ4n) is 3.57. The molecule has 1 aliphatic heterocycles. The summed E-state index contributed by atoms with van der Waals surface area (Å²) in [4.78, 5) is 14.8. The van der Waals surface area contributed by atoms with Gasteiger partial charge in [-0.05, 0) is 42.0 Å². The van der Waals surface area contributed by atoms with Crippen LogP contribution in [0.4, 0.5) is 11.4 Å². The molecular formula is C22H26N4O2. The topological polar surface area (TPSA) is 72.5 Å². The SMILES string of the molecule is Nc1ccc(CC(=O)Nc2ccc3c(ccn3CCN3CCOCC3)c2)cc1. The lowest BCUT2D eigenvalue weighted by Gasteiger charge is -2.26. The average Bonchev–Trinajstić information content (AvgIpc) is 3.11. The lowest BCUT2D eigenvalue weighted by molar-refractivity contribution is -0.115. The van der Waals surface area contributed by atoms with Gasteiger partial charge in [0.1, 0.15) is 0 Å². The zero-order valence-corrected chi connectivity index (χ0v) is 15.9. The van der Waals surface area contributed by atoms with E-state index < -0.39 is 0 Å². The molecule has 0 saturated carbocycles. The molecule has 0 aliphatic carbocycles. The second kappa shape index (κ2) is 8.46. The van der Waals surface area contributed by atoms with Gasteiger partial charge in [-0.25, -0.2) is 0 Å². The van der Waals surface area contributed by atoms with Crippen LogP contribution >= 0.6 is 0 Å². The van der Waals surface area contributed by atoms with E-state index in [-0.39, 0.29) is 5.91 Å². The average molecular weight is 378 g/mol. The smallest absolute Gasteiger partial charge is 0.228 e. The molecule has 1 saturated heterocycles. The Morgan fingerprint density at radius 1 is 1.04 bits per heavy atom. The third-order valence-corrected chi connectivity index (χ3v) is 5.16. The zero-order valence-electron chi connectivity index (χ0n) is 15.9. The van der Waals surface area contributed by atoms with Gasteiger partial charge in [0.15, 0.2) is 0 Å². The van der Waals surface area contributed by atoms with Gasteiger partial charge in [-0.15, -0.1) is 0 Å². The van der Waals surface area contributed by atoms with Crippen LogP contribution in [0.2, 0.25) is 0 Å². The molecule has 0 spiro atoms. The fourth-order valence-corrected chi connectivity index (χ4v) is 3.57. The number of benzene rings is 2. The van der Waals surface area contributed by atoms with E-state index in [9.17, 15) is 4.79 Å². The molecule has 6 nitrogen and oxygen atoms in total. The number of hydrogen-bond acceptors (Lipinski definition) is 4. The van der Waals surface area contributed by atoms with Crippen LogP contribution in [0.5, 0.6) is 0 Å². The van der Waals surface area contributed by atoms with E-state index in [4.69, 9.17) is 10.5 Å². The lowest BCUT2D eigenvalue weighted by Crippen LogP contribution is -2.38. The Kier molecular flexibility index (Phi) is 5.60. The van der Waals surface area contributed by atoms with Gasteiger partial charge in [-0.3, -0.25) is 9.69 Å². The van der Waals surface area contributed by atoms with Crippen molar-refractivity contribution >= 4 is 28.2 Å². The summed E-state index contributed by atoms with van der Waals surface area (Å²) < 4.78 is 7.67. The molecule has 4 rings (SSSR count). The molecule has 3 N–H and O–H groups in total. The molecule has 1 aromatic heterocycles. The second-order valence-corrected chi connectivity index (χ2v) is 7.20. The molecule has 0 bridgehead atoms. The molecule has 2 heterocycles. The van der Waals surface area contributed by atoms with E-state index in [0.29, 0.717) is 12.1 Å². The predicted octanol–water partition coefficient (Wildman–Crippen LogP) is 2.74. The number of morpholine rings is 1. The van der Waals surface area contributed by atoms with Gasteiger partial charge in [0.25, 0.3) is 0 Å². The van der Waals surface area contributed by atoms with Crippen LogP contribution in [0.15, 0.2) is 54.7 Å².